The summed E-state index contributed by atoms with van der Waals surface area (Å²) in [5.41, 5.74) is 3.42. The Morgan fingerprint density at radius 1 is 1.24 bits per heavy atom. The molecule has 29 heavy (non-hydrogen) atoms. The van der Waals surface area contributed by atoms with Crippen molar-refractivity contribution in [3.05, 3.63) is 58.9 Å². The van der Waals surface area contributed by atoms with E-state index in [4.69, 9.17) is 11.6 Å². The second-order valence-corrected chi connectivity index (χ2v) is 8.50. The number of carbonyl (C=O) groups excluding carboxylic acids is 1. The first kappa shape index (κ1) is 19.9. The molecule has 5 nitrogen and oxygen atoms in total. The fraction of sp³-hybridized carbons (Fsp3) is 0.391. The first-order chi connectivity index (χ1) is 13.9. The monoisotopic (exact) mass is 410 g/mol. The Morgan fingerprint density at radius 2 is 2.00 bits per heavy atom. The van der Waals surface area contributed by atoms with Gasteiger partial charge < -0.3 is 4.90 Å². The van der Waals surface area contributed by atoms with Gasteiger partial charge in [0.1, 0.15) is 5.82 Å². The van der Waals surface area contributed by atoms with Gasteiger partial charge in [0, 0.05) is 37.9 Å². The predicted octanol–water partition coefficient (Wildman–Crippen LogP) is 4.54. The van der Waals surface area contributed by atoms with E-state index in [0.29, 0.717) is 16.6 Å². The number of para-hydroxylation sites is 2. The predicted molar refractivity (Wildman–Crippen MR) is 118 cm³/mol. The molecule has 3 aromatic rings. The fourth-order valence-electron chi connectivity index (χ4n) is 4.20. The molecular formula is C23H27ClN4O. The van der Waals surface area contributed by atoms with Crippen molar-refractivity contribution in [3.8, 4) is 5.69 Å². The Balaban J connectivity index is 1.60. The largest absolute Gasteiger partial charge is 0.337 e. The molecule has 1 aromatic heterocycles. The van der Waals surface area contributed by atoms with Crippen LogP contribution in [-0.4, -0.2) is 57.5 Å². The SMILES string of the molecule is Cc1nc2ccccc2n1-c1ccc(C(=O)N(C)[C@@H]2CCN(C(C)C)C2)c(Cl)c1. The maximum Gasteiger partial charge on any atom is 0.255 e. The van der Waals surface area contributed by atoms with Gasteiger partial charge in [0.05, 0.1) is 21.6 Å². The van der Waals surface area contributed by atoms with Gasteiger partial charge in [0.2, 0.25) is 0 Å². The molecule has 0 spiro atoms. The van der Waals surface area contributed by atoms with Crippen LogP contribution in [0.3, 0.4) is 0 Å². The maximum absolute atomic E-state index is 13.1. The molecule has 0 aliphatic carbocycles. The van der Waals surface area contributed by atoms with Crippen LogP contribution in [0.15, 0.2) is 42.5 Å². The lowest BCUT2D eigenvalue weighted by Crippen LogP contribution is -2.40. The molecule has 0 unspecified atom stereocenters. The summed E-state index contributed by atoms with van der Waals surface area (Å²) in [6, 6.07) is 14.4. The molecular weight excluding hydrogens is 384 g/mol. The van der Waals surface area contributed by atoms with Crippen molar-refractivity contribution in [2.75, 3.05) is 20.1 Å². The molecule has 1 fully saturated rings. The van der Waals surface area contributed by atoms with Gasteiger partial charge in [-0.3, -0.25) is 14.3 Å². The van der Waals surface area contributed by atoms with E-state index in [1.54, 1.807) is 0 Å². The van der Waals surface area contributed by atoms with Crippen LogP contribution in [0.4, 0.5) is 0 Å². The molecule has 0 N–H and O–H groups in total. The Kier molecular flexibility index (Phi) is 5.36. The van der Waals surface area contributed by atoms with Gasteiger partial charge in [-0.2, -0.15) is 0 Å². The molecule has 4 rings (SSSR count). The van der Waals surface area contributed by atoms with Crippen LogP contribution in [0.5, 0.6) is 0 Å². The molecule has 1 saturated heterocycles. The summed E-state index contributed by atoms with van der Waals surface area (Å²) in [6.07, 6.45) is 0.996. The molecule has 1 atom stereocenters. The minimum absolute atomic E-state index is 0.0237. The number of likely N-dealkylation sites (N-methyl/N-ethyl adjacent to an activating group) is 1. The third kappa shape index (κ3) is 3.65. The minimum atomic E-state index is -0.0237. The van der Waals surface area contributed by atoms with Gasteiger partial charge in [-0.1, -0.05) is 23.7 Å². The number of nitrogens with zero attached hydrogens (tertiary/aromatic N) is 4. The topological polar surface area (TPSA) is 41.4 Å². The first-order valence-corrected chi connectivity index (χ1v) is 10.5. The first-order valence-electron chi connectivity index (χ1n) is 10.1. The zero-order valence-corrected chi connectivity index (χ0v) is 18.1. The number of amides is 1. The summed E-state index contributed by atoms with van der Waals surface area (Å²) in [6.45, 7) is 8.31. The summed E-state index contributed by atoms with van der Waals surface area (Å²) in [5.74, 6) is 0.863. The van der Waals surface area contributed by atoms with Crippen molar-refractivity contribution in [1.29, 1.82) is 0 Å². The van der Waals surface area contributed by atoms with Crippen LogP contribution in [0, 0.1) is 6.92 Å². The molecule has 0 radical (unpaired) electrons. The number of aryl methyl sites for hydroxylation is 1. The molecule has 152 valence electrons. The van der Waals surface area contributed by atoms with Gasteiger partial charge >= 0.3 is 0 Å². The number of likely N-dealkylation sites (tertiary alicyclic amines) is 1. The highest BCUT2D eigenvalue weighted by molar-refractivity contribution is 6.34. The van der Waals surface area contributed by atoms with Crippen LogP contribution < -0.4 is 0 Å². The fourth-order valence-corrected chi connectivity index (χ4v) is 4.45. The number of aromatic nitrogens is 2. The van der Waals surface area contributed by atoms with Crippen LogP contribution >= 0.6 is 11.6 Å². The second-order valence-electron chi connectivity index (χ2n) is 8.09. The molecule has 2 aromatic carbocycles. The minimum Gasteiger partial charge on any atom is -0.337 e. The Morgan fingerprint density at radius 3 is 2.69 bits per heavy atom. The van der Waals surface area contributed by atoms with E-state index in [9.17, 15) is 4.79 Å². The van der Waals surface area contributed by atoms with Gasteiger partial charge in [-0.15, -0.1) is 0 Å². The number of imidazole rings is 1. The highest BCUT2D eigenvalue weighted by Crippen LogP contribution is 2.27. The Labute approximate surface area is 176 Å². The van der Waals surface area contributed by atoms with Gasteiger partial charge in [-0.25, -0.2) is 4.98 Å². The smallest absolute Gasteiger partial charge is 0.255 e. The number of hydrogen-bond donors (Lipinski definition) is 0. The van der Waals surface area contributed by atoms with Crippen molar-refractivity contribution in [2.45, 2.75) is 39.3 Å². The Hall–Kier alpha value is -2.37. The van der Waals surface area contributed by atoms with E-state index < -0.39 is 0 Å². The number of hydrogen-bond acceptors (Lipinski definition) is 3. The van der Waals surface area contributed by atoms with Crippen LogP contribution in [0.1, 0.15) is 36.5 Å². The molecule has 1 aliphatic rings. The van der Waals surface area contributed by atoms with Crippen molar-refractivity contribution in [3.63, 3.8) is 0 Å². The van der Waals surface area contributed by atoms with Crippen molar-refractivity contribution in [2.24, 2.45) is 0 Å². The van der Waals surface area contributed by atoms with Crippen LogP contribution in [0.25, 0.3) is 16.7 Å². The van der Waals surface area contributed by atoms with Crippen molar-refractivity contribution >= 4 is 28.5 Å². The standard InChI is InChI=1S/C23H27ClN4O/c1-15(2)27-12-11-18(14-27)26(4)23(29)19-10-9-17(13-20(19)24)28-16(3)25-21-7-5-6-8-22(21)28/h5-10,13,15,18H,11-12,14H2,1-4H3/t18-/m1/s1. The Bertz CT molecular complexity index is 1060. The van der Waals surface area contributed by atoms with E-state index in [1.165, 1.54) is 0 Å². The summed E-state index contributed by atoms with van der Waals surface area (Å²) in [7, 11) is 1.88. The third-order valence-electron chi connectivity index (χ3n) is 5.96. The van der Waals surface area contributed by atoms with E-state index in [2.05, 4.69) is 28.3 Å². The van der Waals surface area contributed by atoms with Crippen molar-refractivity contribution < 1.29 is 4.79 Å². The van der Waals surface area contributed by atoms with Gasteiger partial charge in [0.25, 0.3) is 5.91 Å². The van der Waals surface area contributed by atoms with Crippen molar-refractivity contribution in [1.82, 2.24) is 19.4 Å². The normalized spacial score (nSPS) is 17.4. The van der Waals surface area contributed by atoms with E-state index in [0.717, 1.165) is 42.1 Å². The maximum atomic E-state index is 13.1. The number of benzene rings is 2. The number of carbonyl (C=O) groups is 1. The number of halogens is 1. The van der Waals surface area contributed by atoms with Gasteiger partial charge in [-0.05, 0) is 57.5 Å². The van der Waals surface area contributed by atoms with E-state index >= 15 is 0 Å². The van der Waals surface area contributed by atoms with E-state index in [-0.39, 0.29) is 11.9 Å². The summed E-state index contributed by atoms with van der Waals surface area (Å²) in [4.78, 5) is 22.0. The van der Waals surface area contributed by atoms with Gasteiger partial charge in [0.15, 0.2) is 0 Å². The lowest BCUT2D eigenvalue weighted by molar-refractivity contribution is 0.0732. The van der Waals surface area contributed by atoms with E-state index in [1.807, 2.05) is 61.3 Å². The summed E-state index contributed by atoms with van der Waals surface area (Å²) < 4.78 is 2.07. The lowest BCUT2D eigenvalue weighted by Gasteiger charge is -2.26. The quantitative estimate of drug-likeness (QED) is 0.634. The highest BCUT2D eigenvalue weighted by Gasteiger charge is 2.30. The lowest BCUT2D eigenvalue weighted by atomic mass is 10.1. The molecule has 1 amide bonds. The third-order valence-corrected chi connectivity index (χ3v) is 6.28. The average molecular weight is 411 g/mol. The van der Waals surface area contributed by atoms with Crippen LogP contribution in [-0.2, 0) is 0 Å². The zero-order chi connectivity index (χ0) is 20.7. The molecule has 1 aliphatic heterocycles. The second kappa shape index (κ2) is 7.81. The van der Waals surface area contributed by atoms with Crippen LogP contribution in [0.2, 0.25) is 5.02 Å². The molecule has 6 heteroatoms. The molecule has 0 bridgehead atoms. The summed E-state index contributed by atoms with van der Waals surface area (Å²) in [5, 5.41) is 0.468. The average Bonchev–Trinajstić information content (AvgIpc) is 3.31. The molecule has 2 heterocycles. The molecule has 0 saturated carbocycles. The highest BCUT2D eigenvalue weighted by atomic mass is 35.5. The number of fused-ring (bicyclic) bond motifs is 1. The summed E-state index contributed by atoms with van der Waals surface area (Å²) >= 11 is 6.58. The number of rotatable bonds is 4. The zero-order valence-electron chi connectivity index (χ0n) is 17.4.